The summed E-state index contributed by atoms with van der Waals surface area (Å²) in [6.45, 7) is -0.666. The highest BCUT2D eigenvalue weighted by atomic mass is 16.5. The minimum atomic E-state index is -0.849. The highest BCUT2D eigenvalue weighted by Gasteiger charge is 2.42. The number of aliphatic hydroxyl groups excluding tert-OH is 3. The molecule has 1 unspecified atom stereocenters. The standard InChI is InChI=1S/C10H16N2O6/c13-3-5-2-12(10(17)11-9(5)16)8-1-6(15)7(4-14)18-8/h5-8,13-15H,1-4H2,(H,11,16,17)/t5?,6-,7+,8+/m0/s1. The number of amides is 3. The van der Waals surface area contributed by atoms with E-state index in [2.05, 4.69) is 5.32 Å². The lowest BCUT2D eigenvalue weighted by atomic mass is 10.1. The molecule has 4 atom stereocenters. The largest absolute Gasteiger partial charge is 0.395 e. The quantitative estimate of drug-likeness (QED) is 0.449. The third kappa shape index (κ3) is 2.32. The highest BCUT2D eigenvalue weighted by Crippen LogP contribution is 2.25. The second-order valence-electron chi connectivity index (χ2n) is 4.44. The lowest BCUT2D eigenvalue weighted by Gasteiger charge is -2.34. The lowest BCUT2D eigenvalue weighted by Crippen LogP contribution is -2.58. The first-order chi connectivity index (χ1) is 8.56. The fourth-order valence-electron chi connectivity index (χ4n) is 2.14. The predicted octanol–water partition coefficient (Wildman–Crippen LogP) is -2.39. The maximum absolute atomic E-state index is 11.6. The Balaban J connectivity index is 2.04. The third-order valence-electron chi connectivity index (χ3n) is 3.23. The van der Waals surface area contributed by atoms with Crippen molar-refractivity contribution in [3.63, 3.8) is 0 Å². The number of rotatable bonds is 3. The van der Waals surface area contributed by atoms with Crippen LogP contribution >= 0.6 is 0 Å². The zero-order chi connectivity index (χ0) is 13.3. The molecule has 2 aliphatic heterocycles. The van der Waals surface area contributed by atoms with Crippen molar-refractivity contribution in [2.24, 2.45) is 5.92 Å². The summed E-state index contributed by atoms with van der Waals surface area (Å²) in [5, 5.41) is 29.7. The smallest absolute Gasteiger partial charge is 0.326 e. The third-order valence-corrected chi connectivity index (χ3v) is 3.23. The van der Waals surface area contributed by atoms with E-state index in [0.717, 1.165) is 0 Å². The van der Waals surface area contributed by atoms with Crippen LogP contribution < -0.4 is 5.32 Å². The molecule has 102 valence electrons. The van der Waals surface area contributed by atoms with Gasteiger partial charge in [0.1, 0.15) is 12.3 Å². The average Bonchev–Trinajstić information content (AvgIpc) is 2.70. The van der Waals surface area contributed by atoms with Gasteiger partial charge in [0, 0.05) is 13.0 Å². The Morgan fingerprint density at radius 2 is 2.06 bits per heavy atom. The van der Waals surface area contributed by atoms with Gasteiger partial charge in [0.25, 0.3) is 0 Å². The number of hydrogen-bond acceptors (Lipinski definition) is 6. The molecule has 8 heteroatoms. The summed E-state index contributed by atoms with van der Waals surface area (Å²) in [5.74, 6) is -1.22. The summed E-state index contributed by atoms with van der Waals surface area (Å²) in [6.07, 6.45) is -2.10. The van der Waals surface area contributed by atoms with E-state index in [1.165, 1.54) is 4.90 Å². The van der Waals surface area contributed by atoms with Crippen LogP contribution in [0.25, 0.3) is 0 Å². The van der Waals surface area contributed by atoms with Crippen LogP contribution in [0.5, 0.6) is 0 Å². The van der Waals surface area contributed by atoms with E-state index in [0.29, 0.717) is 0 Å². The van der Waals surface area contributed by atoms with E-state index in [-0.39, 0.29) is 26.2 Å². The van der Waals surface area contributed by atoms with Gasteiger partial charge in [-0.3, -0.25) is 15.0 Å². The van der Waals surface area contributed by atoms with Gasteiger partial charge >= 0.3 is 6.03 Å². The number of ether oxygens (including phenoxy) is 1. The molecule has 2 heterocycles. The number of nitrogens with one attached hydrogen (secondary N) is 1. The minimum absolute atomic E-state index is 0.0384. The molecule has 2 aliphatic rings. The fourth-order valence-corrected chi connectivity index (χ4v) is 2.14. The Morgan fingerprint density at radius 3 is 2.61 bits per heavy atom. The van der Waals surface area contributed by atoms with Crippen molar-refractivity contribution >= 4 is 11.9 Å². The molecule has 0 aromatic heterocycles. The Bertz CT molecular complexity index is 349. The van der Waals surface area contributed by atoms with Crippen molar-refractivity contribution in [2.45, 2.75) is 24.9 Å². The fraction of sp³-hybridized carbons (Fsp3) is 0.800. The maximum atomic E-state index is 11.6. The van der Waals surface area contributed by atoms with Gasteiger partial charge in [-0.25, -0.2) is 4.79 Å². The molecule has 0 radical (unpaired) electrons. The molecule has 0 saturated carbocycles. The van der Waals surface area contributed by atoms with E-state index >= 15 is 0 Å². The molecule has 2 fully saturated rings. The molecule has 3 amide bonds. The number of urea groups is 1. The van der Waals surface area contributed by atoms with Crippen molar-refractivity contribution < 1.29 is 29.6 Å². The molecule has 8 nitrogen and oxygen atoms in total. The molecule has 0 spiro atoms. The molecule has 0 bridgehead atoms. The summed E-state index contributed by atoms with van der Waals surface area (Å²) in [4.78, 5) is 24.2. The number of nitrogens with zero attached hydrogens (tertiary/aromatic N) is 1. The SMILES string of the molecule is O=C1NC(=O)N([C@H]2C[C@H](O)[C@@H](CO)O2)CC1CO. The van der Waals surface area contributed by atoms with Gasteiger partial charge in [-0.15, -0.1) is 0 Å². The van der Waals surface area contributed by atoms with E-state index in [1.54, 1.807) is 0 Å². The Hall–Kier alpha value is -1.22. The first-order valence-corrected chi connectivity index (χ1v) is 5.73. The van der Waals surface area contributed by atoms with Crippen LogP contribution in [-0.2, 0) is 9.53 Å². The van der Waals surface area contributed by atoms with E-state index in [1.807, 2.05) is 0 Å². The molecule has 18 heavy (non-hydrogen) atoms. The molecular weight excluding hydrogens is 244 g/mol. The van der Waals surface area contributed by atoms with Crippen molar-refractivity contribution in [3.8, 4) is 0 Å². The monoisotopic (exact) mass is 260 g/mol. The summed E-state index contributed by atoms with van der Waals surface area (Å²) in [6, 6.07) is -0.611. The van der Waals surface area contributed by atoms with Crippen LogP contribution in [-0.4, -0.2) is 70.4 Å². The van der Waals surface area contributed by atoms with E-state index in [9.17, 15) is 14.7 Å². The summed E-state index contributed by atoms with van der Waals surface area (Å²) in [7, 11) is 0. The zero-order valence-corrected chi connectivity index (χ0v) is 9.65. The number of carbonyl (C=O) groups is 2. The van der Waals surface area contributed by atoms with Crippen LogP contribution in [0.1, 0.15) is 6.42 Å². The van der Waals surface area contributed by atoms with Crippen molar-refractivity contribution in [2.75, 3.05) is 19.8 Å². The summed E-state index contributed by atoms with van der Waals surface area (Å²) in [5.41, 5.74) is 0. The number of hydrogen-bond donors (Lipinski definition) is 4. The lowest BCUT2D eigenvalue weighted by molar-refractivity contribution is -0.130. The van der Waals surface area contributed by atoms with Gasteiger partial charge in [0.15, 0.2) is 0 Å². The Labute approximate surface area is 103 Å². The molecule has 0 aromatic carbocycles. The summed E-state index contributed by atoms with van der Waals surface area (Å²) < 4.78 is 5.33. The second kappa shape index (κ2) is 5.19. The zero-order valence-electron chi connectivity index (χ0n) is 9.65. The molecule has 2 saturated heterocycles. The van der Waals surface area contributed by atoms with Gasteiger partial charge in [-0.05, 0) is 0 Å². The minimum Gasteiger partial charge on any atom is -0.395 e. The predicted molar refractivity (Wildman–Crippen MR) is 57.2 cm³/mol. The van der Waals surface area contributed by atoms with E-state index < -0.39 is 36.3 Å². The number of imide groups is 1. The van der Waals surface area contributed by atoms with Crippen molar-refractivity contribution in [3.05, 3.63) is 0 Å². The van der Waals surface area contributed by atoms with Crippen LogP contribution in [0, 0.1) is 5.92 Å². The van der Waals surface area contributed by atoms with Crippen LogP contribution in [0.2, 0.25) is 0 Å². The molecule has 0 aromatic rings. The second-order valence-corrected chi connectivity index (χ2v) is 4.44. The topological polar surface area (TPSA) is 119 Å². The van der Waals surface area contributed by atoms with Crippen molar-refractivity contribution in [1.82, 2.24) is 10.2 Å². The molecule has 2 rings (SSSR count). The molecular formula is C10H16N2O6. The molecule has 4 N–H and O–H groups in total. The van der Waals surface area contributed by atoms with Crippen LogP contribution in [0.15, 0.2) is 0 Å². The van der Waals surface area contributed by atoms with Crippen LogP contribution in [0.4, 0.5) is 4.79 Å². The first kappa shape index (κ1) is 13.2. The van der Waals surface area contributed by atoms with Crippen molar-refractivity contribution in [1.29, 1.82) is 0 Å². The number of aliphatic hydroxyl groups is 3. The summed E-state index contributed by atoms with van der Waals surface area (Å²) >= 11 is 0. The molecule has 0 aliphatic carbocycles. The average molecular weight is 260 g/mol. The van der Waals surface area contributed by atoms with Gasteiger partial charge < -0.3 is 20.1 Å². The Morgan fingerprint density at radius 1 is 1.33 bits per heavy atom. The van der Waals surface area contributed by atoms with E-state index in [4.69, 9.17) is 14.9 Å². The number of carbonyl (C=O) groups excluding carboxylic acids is 2. The highest BCUT2D eigenvalue weighted by molar-refractivity contribution is 5.98. The van der Waals surface area contributed by atoms with Gasteiger partial charge in [0.05, 0.1) is 25.2 Å². The van der Waals surface area contributed by atoms with Gasteiger partial charge in [0.2, 0.25) is 5.91 Å². The Kier molecular flexibility index (Phi) is 3.81. The normalized spacial score (nSPS) is 36.9. The van der Waals surface area contributed by atoms with Gasteiger partial charge in [-0.2, -0.15) is 0 Å². The van der Waals surface area contributed by atoms with Gasteiger partial charge in [-0.1, -0.05) is 0 Å². The van der Waals surface area contributed by atoms with Crippen LogP contribution in [0.3, 0.4) is 0 Å². The first-order valence-electron chi connectivity index (χ1n) is 5.73. The maximum Gasteiger partial charge on any atom is 0.326 e.